The van der Waals surface area contributed by atoms with Crippen molar-refractivity contribution in [3.8, 4) is 6.07 Å². The smallest absolute Gasteiger partial charge is 0.262 e. The predicted octanol–water partition coefficient (Wildman–Crippen LogP) is 0.774. The second-order valence-electron chi connectivity index (χ2n) is 6.89. The Morgan fingerprint density at radius 2 is 1.79 bits per heavy atom. The zero-order valence-corrected chi connectivity index (χ0v) is 16.9. The molecule has 1 aromatic rings. The van der Waals surface area contributed by atoms with Gasteiger partial charge in [-0.25, -0.2) is 0 Å². The van der Waals surface area contributed by atoms with Crippen LogP contribution < -0.4 is 10.2 Å². The molecular formula is C21H29N3O5. The molecule has 0 aromatic heterocycles. The van der Waals surface area contributed by atoms with Crippen molar-refractivity contribution >= 4 is 17.7 Å². The summed E-state index contributed by atoms with van der Waals surface area (Å²) in [5.41, 5.74) is 1.52. The second-order valence-corrected chi connectivity index (χ2v) is 6.89. The van der Waals surface area contributed by atoms with Gasteiger partial charge in [0.15, 0.2) is 6.29 Å². The van der Waals surface area contributed by atoms with E-state index in [1.54, 1.807) is 19.1 Å². The van der Waals surface area contributed by atoms with E-state index < -0.39 is 36.6 Å². The van der Waals surface area contributed by atoms with Crippen LogP contribution in [0.25, 0.3) is 6.08 Å². The number of hydrogen-bond acceptors (Lipinski definition) is 7. The number of aliphatic hydroxyl groups is 3. The van der Waals surface area contributed by atoms with Gasteiger partial charge >= 0.3 is 0 Å². The predicted molar refractivity (Wildman–Crippen MR) is 109 cm³/mol. The fraction of sp³-hybridized carbons (Fsp3) is 0.524. The average molecular weight is 403 g/mol. The summed E-state index contributed by atoms with van der Waals surface area (Å²) in [6.07, 6.45) is -3.08. The van der Waals surface area contributed by atoms with Crippen molar-refractivity contribution in [2.75, 3.05) is 18.0 Å². The summed E-state index contributed by atoms with van der Waals surface area (Å²) in [4.78, 5) is 14.7. The van der Waals surface area contributed by atoms with Gasteiger partial charge in [0.25, 0.3) is 5.91 Å². The Hall–Kier alpha value is -2.44. The summed E-state index contributed by atoms with van der Waals surface area (Å²) in [6.45, 7) is 7.61. The number of carbonyl (C=O) groups excluding carboxylic acids is 1. The van der Waals surface area contributed by atoms with Gasteiger partial charge in [0.2, 0.25) is 0 Å². The number of carbonyl (C=O) groups is 1. The highest BCUT2D eigenvalue weighted by molar-refractivity contribution is 6.01. The third-order valence-corrected chi connectivity index (χ3v) is 5.12. The summed E-state index contributed by atoms with van der Waals surface area (Å²) in [7, 11) is 0. The fourth-order valence-electron chi connectivity index (χ4n) is 3.35. The maximum absolute atomic E-state index is 12.5. The SMILES string of the molecule is CC[C@H]1OC(O)[C@H](NC(=O)/C(C#N)=C/c2ccc(N(CC)CC)cc2)[C@@H](O)[C@@H]1O. The van der Waals surface area contributed by atoms with Crippen LogP contribution in [0.1, 0.15) is 32.8 Å². The highest BCUT2D eigenvalue weighted by atomic mass is 16.6. The molecule has 1 fully saturated rings. The first-order valence-electron chi connectivity index (χ1n) is 9.83. The number of rotatable bonds is 7. The van der Waals surface area contributed by atoms with Crippen LogP contribution >= 0.6 is 0 Å². The first-order valence-corrected chi connectivity index (χ1v) is 9.83. The molecule has 8 nitrogen and oxygen atoms in total. The lowest BCUT2D eigenvalue weighted by Gasteiger charge is -2.40. The van der Waals surface area contributed by atoms with Gasteiger partial charge < -0.3 is 30.3 Å². The molecule has 1 amide bonds. The van der Waals surface area contributed by atoms with Gasteiger partial charge in [0.05, 0.1) is 6.10 Å². The number of aliphatic hydroxyl groups excluding tert-OH is 3. The normalized spacial score (nSPS) is 27.2. The maximum Gasteiger partial charge on any atom is 0.262 e. The molecule has 0 saturated carbocycles. The van der Waals surface area contributed by atoms with Gasteiger partial charge in [-0.3, -0.25) is 4.79 Å². The van der Waals surface area contributed by atoms with Crippen LogP contribution in [0.3, 0.4) is 0 Å². The number of nitriles is 1. The van der Waals surface area contributed by atoms with E-state index in [0.717, 1.165) is 18.8 Å². The zero-order chi connectivity index (χ0) is 21.6. The number of nitrogens with one attached hydrogen (secondary N) is 1. The monoisotopic (exact) mass is 403 g/mol. The van der Waals surface area contributed by atoms with E-state index in [-0.39, 0.29) is 5.57 Å². The molecule has 1 unspecified atom stereocenters. The lowest BCUT2D eigenvalue weighted by molar-refractivity contribution is -0.247. The van der Waals surface area contributed by atoms with Crippen molar-refractivity contribution in [1.29, 1.82) is 5.26 Å². The van der Waals surface area contributed by atoms with Crippen LogP contribution in [0.2, 0.25) is 0 Å². The van der Waals surface area contributed by atoms with Gasteiger partial charge in [-0.1, -0.05) is 19.1 Å². The molecule has 1 heterocycles. The Morgan fingerprint density at radius 3 is 2.31 bits per heavy atom. The minimum Gasteiger partial charge on any atom is -0.388 e. The van der Waals surface area contributed by atoms with Gasteiger partial charge in [-0.15, -0.1) is 0 Å². The average Bonchev–Trinajstić information content (AvgIpc) is 2.73. The van der Waals surface area contributed by atoms with E-state index in [4.69, 9.17) is 4.74 Å². The molecule has 0 bridgehead atoms. The van der Waals surface area contributed by atoms with Crippen LogP contribution in [0.5, 0.6) is 0 Å². The van der Waals surface area contributed by atoms with Crippen LogP contribution in [0.15, 0.2) is 29.8 Å². The third kappa shape index (κ3) is 5.34. The molecule has 1 aliphatic rings. The molecule has 5 atom stereocenters. The Labute approximate surface area is 171 Å². The van der Waals surface area contributed by atoms with E-state index in [0.29, 0.717) is 12.0 Å². The minimum absolute atomic E-state index is 0.188. The van der Waals surface area contributed by atoms with Crippen molar-refractivity contribution in [3.63, 3.8) is 0 Å². The van der Waals surface area contributed by atoms with Crippen molar-refractivity contribution in [3.05, 3.63) is 35.4 Å². The van der Waals surface area contributed by atoms with Crippen molar-refractivity contribution in [2.24, 2.45) is 0 Å². The molecule has 1 aliphatic heterocycles. The highest BCUT2D eigenvalue weighted by Crippen LogP contribution is 2.22. The van der Waals surface area contributed by atoms with Crippen molar-refractivity contribution in [2.45, 2.75) is 57.8 Å². The van der Waals surface area contributed by atoms with Crippen molar-refractivity contribution in [1.82, 2.24) is 5.32 Å². The Morgan fingerprint density at radius 1 is 1.17 bits per heavy atom. The van der Waals surface area contributed by atoms with E-state index in [1.165, 1.54) is 6.08 Å². The summed E-state index contributed by atoms with van der Waals surface area (Å²) in [5, 5.41) is 42.1. The van der Waals surface area contributed by atoms with Gasteiger partial charge in [0.1, 0.15) is 29.9 Å². The number of benzene rings is 1. The van der Waals surface area contributed by atoms with E-state index in [9.17, 15) is 25.4 Å². The highest BCUT2D eigenvalue weighted by Gasteiger charge is 2.44. The molecular weight excluding hydrogens is 374 g/mol. The largest absolute Gasteiger partial charge is 0.388 e. The third-order valence-electron chi connectivity index (χ3n) is 5.12. The molecule has 4 N–H and O–H groups in total. The quantitative estimate of drug-likeness (QED) is 0.391. The molecule has 0 aliphatic carbocycles. The molecule has 0 spiro atoms. The van der Waals surface area contributed by atoms with Crippen LogP contribution in [-0.4, -0.2) is 65.0 Å². The standard InChI is InChI=1S/C21H29N3O5/c1-4-16-18(25)19(26)17(21(28)29-16)23-20(27)14(12-22)11-13-7-9-15(10-8-13)24(5-2)6-3/h7-11,16-19,21,25-26,28H,4-6H2,1-3H3,(H,23,27)/b14-11+/t16-,17-,18-,19-,21?/m1/s1. The molecule has 1 saturated heterocycles. The first kappa shape index (κ1) is 22.8. The molecule has 0 radical (unpaired) electrons. The number of hydrogen-bond donors (Lipinski definition) is 4. The van der Waals surface area contributed by atoms with Gasteiger partial charge in [-0.05, 0) is 44.0 Å². The minimum atomic E-state index is -1.49. The van der Waals surface area contributed by atoms with Gasteiger partial charge in [-0.2, -0.15) is 5.26 Å². The van der Waals surface area contributed by atoms with E-state index >= 15 is 0 Å². The van der Waals surface area contributed by atoms with E-state index in [2.05, 4.69) is 24.1 Å². The lowest BCUT2D eigenvalue weighted by Crippen LogP contribution is -2.63. The van der Waals surface area contributed by atoms with Crippen LogP contribution in [0, 0.1) is 11.3 Å². The number of amides is 1. The Bertz CT molecular complexity index is 755. The Balaban J connectivity index is 2.13. The van der Waals surface area contributed by atoms with E-state index in [1.807, 2.05) is 18.2 Å². The second kappa shape index (κ2) is 10.4. The molecule has 2 rings (SSSR count). The maximum atomic E-state index is 12.5. The number of ether oxygens (including phenoxy) is 1. The van der Waals surface area contributed by atoms with Gasteiger partial charge in [0, 0.05) is 18.8 Å². The molecule has 8 heteroatoms. The molecule has 1 aromatic carbocycles. The number of anilines is 1. The summed E-state index contributed by atoms with van der Waals surface area (Å²) in [5.74, 6) is -0.769. The summed E-state index contributed by atoms with van der Waals surface area (Å²) >= 11 is 0. The van der Waals surface area contributed by atoms with Crippen LogP contribution in [-0.2, 0) is 9.53 Å². The lowest BCUT2D eigenvalue weighted by atomic mass is 9.95. The fourth-order valence-corrected chi connectivity index (χ4v) is 3.35. The molecule has 29 heavy (non-hydrogen) atoms. The Kier molecular flexibility index (Phi) is 8.17. The topological polar surface area (TPSA) is 126 Å². The molecule has 158 valence electrons. The van der Waals surface area contributed by atoms with Crippen molar-refractivity contribution < 1.29 is 24.9 Å². The summed E-state index contributed by atoms with van der Waals surface area (Å²) < 4.78 is 5.24. The number of nitrogens with zero attached hydrogens (tertiary/aromatic N) is 2. The first-order chi connectivity index (χ1) is 13.9. The summed E-state index contributed by atoms with van der Waals surface area (Å²) in [6, 6.07) is 8.02. The zero-order valence-electron chi connectivity index (χ0n) is 16.9. The van der Waals surface area contributed by atoms with Crippen LogP contribution in [0.4, 0.5) is 5.69 Å².